The molecule has 0 aliphatic heterocycles. The Balaban J connectivity index is 2.65. The zero-order valence-corrected chi connectivity index (χ0v) is 9.93. The summed E-state index contributed by atoms with van der Waals surface area (Å²) in [5.41, 5.74) is 0.809. The predicted octanol–water partition coefficient (Wildman–Crippen LogP) is 2.69. The molecule has 1 aromatic carbocycles. The molecule has 2 unspecified atom stereocenters. The van der Waals surface area contributed by atoms with E-state index in [0.29, 0.717) is 5.75 Å². The summed E-state index contributed by atoms with van der Waals surface area (Å²) in [5.74, 6) is 0.221. The minimum absolute atomic E-state index is 0.0866. The number of ether oxygens (including phenoxy) is 1. The van der Waals surface area contributed by atoms with Crippen LogP contribution in [-0.2, 0) is 4.79 Å². The van der Waals surface area contributed by atoms with Crippen LogP contribution in [0.25, 0.3) is 0 Å². The molecule has 0 aliphatic rings. The third-order valence-electron chi connectivity index (χ3n) is 2.60. The van der Waals surface area contributed by atoms with E-state index in [4.69, 9.17) is 4.74 Å². The van der Waals surface area contributed by atoms with Gasteiger partial charge < -0.3 is 9.84 Å². The van der Waals surface area contributed by atoms with E-state index in [2.05, 4.69) is 0 Å². The molecule has 0 radical (unpaired) electrons. The molecule has 0 aliphatic carbocycles. The second-order valence-electron chi connectivity index (χ2n) is 3.98. The van der Waals surface area contributed by atoms with Crippen molar-refractivity contribution in [3.8, 4) is 5.75 Å². The van der Waals surface area contributed by atoms with Gasteiger partial charge in [-0.2, -0.15) is 0 Å². The Kier molecular flexibility index (Phi) is 4.50. The van der Waals surface area contributed by atoms with Crippen molar-refractivity contribution < 1.29 is 14.6 Å². The van der Waals surface area contributed by atoms with Crippen LogP contribution in [-0.4, -0.2) is 11.1 Å². The third-order valence-corrected chi connectivity index (χ3v) is 2.60. The van der Waals surface area contributed by atoms with E-state index in [1.54, 1.807) is 31.2 Å². The van der Waals surface area contributed by atoms with E-state index in [9.17, 15) is 9.90 Å². The Morgan fingerprint density at radius 1 is 1.31 bits per heavy atom. The zero-order chi connectivity index (χ0) is 12.1. The number of rotatable bonds is 4. The fourth-order valence-corrected chi connectivity index (χ4v) is 1.20. The summed E-state index contributed by atoms with van der Waals surface area (Å²) in [6.07, 6.45) is 0.268. The molecule has 0 heterocycles. The molecule has 0 spiro atoms. The van der Waals surface area contributed by atoms with E-state index in [1.807, 2.05) is 13.8 Å². The van der Waals surface area contributed by atoms with Gasteiger partial charge in [-0.05, 0) is 31.0 Å². The number of esters is 1. The molecule has 1 aromatic rings. The molecule has 0 aromatic heterocycles. The standard InChI is InChI=1S/C13H18O3/c1-4-9(2)13(15)16-12-7-5-11(6-8-12)10(3)14/h5-10,14H,4H2,1-3H3. The summed E-state index contributed by atoms with van der Waals surface area (Å²) in [4.78, 5) is 11.5. The Hall–Kier alpha value is -1.35. The van der Waals surface area contributed by atoms with Gasteiger partial charge in [0.15, 0.2) is 0 Å². The normalized spacial score (nSPS) is 14.2. The quantitative estimate of drug-likeness (QED) is 0.629. The van der Waals surface area contributed by atoms with Crippen LogP contribution in [0.1, 0.15) is 38.9 Å². The van der Waals surface area contributed by atoms with Gasteiger partial charge in [0.1, 0.15) is 5.75 Å². The van der Waals surface area contributed by atoms with Crippen molar-refractivity contribution >= 4 is 5.97 Å². The Labute approximate surface area is 96.1 Å². The van der Waals surface area contributed by atoms with Gasteiger partial charge in [0, 0.05) is 0 Å². The molecule has 0 saturated heterocycles. The van der Waals surface area contributed by atoms with Crippen LogP contribution < -0.4 is 4.74 Å². The van der Waals surface area contributed by atoms with Crippen molar-refractivity contribution in [2.75, 3.05) is 0 Å². The SMILES string of the molecule is CCC(C)C(=O)Oc1ccc(C(C)O)cc1. The molecule has 3 heteroatoms. The van der Waals surface area contributed by atoms with Crippen molar-refractivity contribution in [3.63, 3.8) is 0 Å². The lowest BCUT2D eigenvalue weighted by Gasteiger charge is -2.10. The van der Waals surface area contributed by atoms with Gasteiger partial charge in [-0.3, -0.25) is 4.79 Å². The smallest absolute Gasteiger partial charge is 0.314 e. The van der Waals surface area contributed by atoms with Gasteiger partial charge >= 0.3 is 5.97 Å². The van der Waals surface area contributed by atoms with E-state index in [1.165, 1.54) is 0 Å². The number of aliphatic hydroxyl groups is 1. The number of aliphatic hydroxyl groups excluding tert-OH is 1. The summed E-state index contributed by atoms with van der Waals surface area (Å²) in [6.45, 7) is 5.48. The van der Waals surface area contributed by atoms with Gasteiger partial charge in [0.25, 0.3) is 0 Å². The zero-order valence-electron chi connectivity index (χ0n) is 9.93. The summed E-state index contributed by atoms with van der Waals surface area (Å²) in [7, 11) is 0. The lowest BCUT2D eigenvalue weighted by atomic mass is 10.1. The highest BCUT2D eigenvalue weighted by atomic mass is 16.5. The third kappa shape index (κ3) is 3.35. The van der Waals surface area contributed by atoms with Crippen LogP contribution in [0.2, 0.25) is 0 Å². The number of benzene rings is 1. The first-order valence-corrected chi connectivity index (χ1v) is 5.54. The Morgan fingerprint density at radius 2 is 1.88 bits per heavy atom. The van der Waals surface area contributed by atoms with Gasteiger partial charge in [-0.15, -0.1) is 0 Å². The molecule has 1 N–H and O–H groups in total. The van der Waals surface area contributed by atoms with Crippen molar-refractivity contribution in [1.29, 1.82) is 0 Å². The molecule has 0 bridgehead atoms. The summed E-state index contributed by atoms with van der Waals surface area (Å²) in [5, 5.41) is 9.32. The number of carbonyl (C=O) groups is 1. The first-order chi connectivity index (χ1) is 7.54. The molecule has 0 fully saturated rings. The van der Waals surface area contributed by atoms with Crippen molar-refractivity contribution in [1.82, 2.24) is 0 Å². The van der Waals surface area contributed by atoms with Gasteiger partial charge in [0.05, 0.1) is 12.0 Å². The second-order valence-corrected chi connectivity index (χ2v) is 3.98. The minimum atomic E-state index is -0.501. The number of carbonyl (C=O) groups excluding carboxylic acids is 1. The lowest BCUT2D eigenvalue weighted by molar-refractivity contribution is -0.138. The maximum Gasteiger partial charge on any atom is 0.314 e. The average Bonchev–Trinajstić information content (AvgIpc) is 2.28. The molecular formula is C13H18O3. The fourth-order valence-electron chi connectivity index (χ4n) is 1.20. The average molecular weight is 222 g/mol. The Morgan fingerprint density at radius 3 is 2.31 bits per heavy atom. The monoisotopic (exact) mass is 222 g/mol. The lowest BCUT2D eigenvalue weighted by Crippen LogP contribution is -2.16. The number of hydrogen-bond acceptors (Lipinski definition) is 3. The van der Waals surface area contributed by atoms with Crippen molar-refractivity contribution in [2.45, 2.75) is 33.3 Å². The van der Waals surface area contributed by atoms with E-state index >= 15 is 0 Å². The molecule has 1 rings (SSSR count). The van der Waals surface area contributed by atoms with E-state index < -0.39 is 6.10 Å². The van der Waals surface area contributed by atoms with Gasteiger partial charge in [-0.25, -0.2) is 0 Å². The molecular weight excluding hydrogens is 204 g/mol. The Bertz CT molecular complexity index is 341. The van der Waals surface area contributed by atoms with Gasteiger partial charge in [-0.1, -0.05) is 26.0 Å². The molecule has 16 heavy (non-hydrogen) atoms. The minimum Gasteiger partial charge on any atom is -0.426 e. The van der Waals surface area contributed by atoms with Crippen LogP contribution in [0.4, 0.5) is 0 Å². The predicted molar refractivity (Wildman–Crippen MR) is 62.2 cm³/mol. The highest BCUT2D eigenvalue weighted by Crippen LogP contribution is 2.18. The maximum absolute atomic E-state index is 11.5. The van der Waals surface area contributed by atoms with E-state index in [0.717, 1.165) is 12.0 Å². The molecule has 88 valence electrons. The van der Waals surface area contributed by atoms with Crippen molar-refractivity contribution in [2.24, 2.45) is 5.92 Å². The summed E-state index contributed by atoms with van der Waals surface area (Å²) >= 11 is 0. The largest absolute Gasteiger partial charge is 0.426 e. The van der Waals surface area contributed by atoms with Crippen LogP contribution in [0, 0.1) is 5.92 Å². The molecule has 0 amide bonds. The number of hydrogen-bond donors (Lipinski definition) is 1. The van der Waals surface area contributed by atoms with Crippen LogP contribution in [0.15, 0.2) is 24.3 Å². The summed E-state index contributed by atoms with van der Waals surface area (Å²) in [6, 6.07) is 6.90. The fraction of sp³-hybridized carbons (Fsp3) is 0.462. The highest BCUT2D eigenvalue weighted by Gasteiger charge is 2.12. The molecule has 0 saturated carbocycles. The molecule has 2 atom stereocenters. The van der Waals surface area contributed by atoms with Crippen LogP contribution in [0.3, 0.4) is 0 Å². The van der Waals surface area contributed by atoms with Crippen molar-refractivity contribution in [3.05, 3.63) is 29.8 Å². The van der Waals surface area contributed by atoms with Gasteiger partial charge in [0.2, 0.25) is 0 Å². The summed E-state index contributed by atoms with van der Waals surface area (Å²) < 4.78 is 5.18. The van der Waals surface area contributed by atoms with Crippen LogP contribution >= 0.6 is 0 Å². The molecule has 3 nitrogen and oxygen atoms in total. The first-order valence-electron chi connectivity index (χ1n) is 5.54. The van der Waals surface area contributed by atoms with E-state index in [-0.39, 0.29) is 11.9 Å². The topological polar surface area (TPSA) is 46.5 Å². The van der Waals surface area contributed by atoms with Crippen LogP contribution in [0.5, 0.6) is 5.75 Å². The first kappa shape index (κ1) is 12.7. The maximum atomic E-state index is 11.5. The highest BCUT2D eigenvalue weighted by molar-refractivity contribution is 5.74. The second kappa shape index (κ2) is 5.66.